The minimum atomic E-state index is -3.75. The molecule has 0 spiro atoms. The molecule has 9 nitrogen and oxygen atoms in total. The maximum absolute atomic E-state index is 13.2. The number of benzene rings is 2. The normalized spacial score (nSPS) is 15.8. The smallest absolute Gasteiger partial charge is 0.259 e. The number of nitrogens with zero attached hydrogens (tertiary/aromatic N) is 2. The largest absolute Gasteiger partial charge is 0.496 e. The van der Waals surface area contributed by atoms with Crippen molar-refractivity contribution in [3.05, 3.63) is 48.0 Å². The molecule has 1 N–H and O–H groups in total. The first-order valence-corrected chi connectivity index (χ1v) is 14.5. The summed E-state index contributed by atoms with van der Waals surface area (Å²) in [5.74, 6) is 0.145. The van der Waals surface area contributed by atoms with Gasteiger partial charge in [0.15, 0.2) is 0 Å². The molecule has 0 bridgehead atoms. The molecular weight excluding hydrogens is 490 g/mol. The van der Waals surface area contributed by atoms with E-state index < -0.39 is 26.0 Å². The van der Waals surface area contributed by atoms with Gasteiger partial charge in [-0.2, -0.15) is 8.61 Å². The van der Waals surface area contributed by atoms with Crippen LogP contribution in [0.25, 0.3) is 0 Å². The quantitative estimate of drug-likeness (QED) is 0.539. The number of anilines is 1. The van der Waals surface area contributed by atoms with E-state index in [1.165, 1.54) is 58.2 Å². The summed E-state index contributed by atoms with van der Waals surface area (Å²) < 4.78 is 59.7. The van der Waals surface area contributed by atoms with E-state index in [1.807, 2.05) is 0 Å². The SMILES string of the molecule is CCN(CC)S(=O)(=O)c1ccc(NC(=O)c2cc(S(=O)(=O)N3CCC(C)CC3)ccc2OC)cc1. The van der Waals surface area contributed by atoms with Crippen molar-refractivity contribution in [2.24, 2.45) is 5.92 Å². The number of methoxy groups -OCH3 is 1. The van der Waals surface area contributed by atoms with Crippen LogP contribution in [-0.4, -0.2) is 64.6 Å². The average molecular weight is 524 g/mol. The first kappa shape index (κ1) is 27.1. The summed E-state index contributed by atoms with van der Waals surface area (Å²) in [5.41, 5.74) is 0.438. The third kappa shape index (κ3) is 5.85. The fraction of sp³-hybridized carbons (Fsp3) is 0.458. The van der Waals surface area contributed by atoms with Crippen LogP contribution >= 0.6 is 0 Å². The van der Waals surface area contributed by atoms with Crippen LogP contribution in [0.15, 0.2) is 52.3 Å². The van der Waals surface area contributed by atoms with Crippen molar-refractivity contribution in [1.82, 2.24) is 8.61 Å². The van der Waals surface area contributed by atoms with Gasteiger partial charge in [0.05, 0.1) is 22.5 Å². The maximum atomic E-state index is 13.2. The van der Waals surface area contributed by atoms with Gasteiger partial charge in [-0.05, 0) is 61.2 Å². The lowest BCUT2D eigenvalue weighted by atomic mass is 10.0. The molecule has 2 aromatic carbocycles. The molecule has 0 radical (unpaired) electrons. The Morgan fingerprint density at radius 2 is 1.57 bits per heavy atom. The van der Waals surface area contributed by atoms with E-state index in [0.29, 0.717) is 37.8 Å². The molecule has 192 valence electrons. The van der Waals surface area contributed by atoms with Crippen molar-refractivity contribution in [2.75, 3.05) is 38.6 Å². The van der Waals surface area contributed by atoms with Gasteiger partial charge in [0.25, 0.3) is 5.91 Å². The third-order valence-electron chi connectivity index (χ3n) is 6.25. The molecule has 1 amide bonds. The second-order valence-electron chi connectivity index (χ2n) is 8.52. The molecule has 0 aliphatic carbocycles. The second kappa shape index (κ2) is 11.1. The Kier molecular flexibility index (Phi) is 8.58. The molecule has 1 saturated heterocycles. The molecule has 0 aromatic heterocycles. The van der Waals surface area contributed by atoms with Gasteiger partial charge in [-0.25, -0.2) is 16.8 Å². The van der Waals surface area contributed by atoms with Gasteiger partial charge in [0.2, 0.25) is 20.0 Å². The van der Waals surface area contributed by atoms with Gasteiger partial charge in [0.1, 0.15) is 5.75 Å². The highest BCUT2D eigenvalue weighted by atomic mass is 32.2. The standard InChI is InChI=1S/C24H33N3O6S2/c1-5-26(6-2)34(29,30)20-9-7-19(8-10-20)25-24(28)22-17-21(11-12-23(22)33-4)35(31,32)27-15-13-18(3)14-16-27/h7-12,17-18H,5-6,13-16H2,1-4H3,(H,25,28). The molecule has 0 unspecified atom stereocenters. The van der Waals surface area contributed by atoms with Gasteiger partial charge in [-0.1, -0.05) is 20.8 Å². The van der Waals surface area contributed by atoms with Gasteiger partial charge in [-0.15, -0.1) is 0 Å². The van der Waals surface area contributed by atoms with Crippen molar-refractivity contribution < 1.29 is 26.4 Å². The van der Waals surface area contributed by atoms with E-state index in [9.17, 15) is 21.6 Å². The number of hydrogen-bond acceptors (Lipinski definition) is 6. The van der Waals surface area contributed by atoms with Crippen LogP contribution in [0.3, 0.4) is 0 Å². The molecule has 1 aliphatic heterocycles. The molecular formula is C24H33N3O6S2. The van der Waals surface area contributed by atoms with E-state index in [1.54, 1.807) is 13.8 Å². The number of amides is 1. The molecule has 0 atom stereocenters. The number of sulfonamides is 2. The number of carbonyl (C=O) groups excluding carboxylic acids is 1. The minimum absolute atomic E-state index is 0.0265. The van der Waals surface area contributed by atoms with Gasteiger partial charge in [-0.3, -0.25) is 4.79 Å². The number of hydrogen-bond donors (Lipinski definition) is 1. The summed E-state index contributed by atoms with van der Waals surface area (Å²) in [5, 5.41) is 2.70. The van der Waals surface area contributed by atoms with Crippen LogP contribution in [0.4, 0.5) is 5.69 Å². The molecule has 11 heteroatoms. The Morgan fingerprint density at radius 1 is 1.00 bits per heavy atom. The summed E-state index contributed by atoms with van der Waals surface area (Å²) >= 11 is 0. The predicted molar refractivity (Wildman–Crippen MR) is 135 cm³/mol. The lowest BCUT2D eigenvalue weighted by Gasteiger charge is -2.29. The summed E-state index contributed by atoms with van der Waals surface area (Å²) in [4.78, 5) is 13.2. The highest BCUT2D eigenvalue weighted by Crippen LogP contribution is 2.28. The average Bonchev–Trinajstić information content (AvgIpc) is 2.84. The van der Waals surface area contributed by atoms with Crippen LogP contribution in [-0.2, 0) is 20.0 Å². The Hall–Kier alpha value is -2.47. The number of nitrogens with one attached hydrogen (secondary N) is 1. The van der Waals surface area contributed by atoms with Crippen molar-refractivity contribution in [1.29, 1.82) is 0 Å². The van der Waals surface area contributed by atoms with Crippen molar-refractivity contribution >= 4 is 31.6 Å². The zero-order valence-corrected chi connectivity index (χ0v) is 22.2. The van der Waals surface area contributed by atoms with Crippen LogP contribution in [0.5, 0.6) is 5.75 Å². The third-order valence-corrected chi connectivity index (χ3v) is 10.2. The van der Waals surface area contributed by atoms with E-state index in [-0.39, 0.29) is 21.1 Å². The Balaban J connectivity index is 1.84. The highest BCUT2D eigenvalue weighted by Gasteiger charge is 2.29. The zero-order chi connectivity index (χ0) is 25.8. The van der Waals surface area contributed by atoms with Crippen LogP contribution < -0.4 is 10.1 Å². The number of rotatable bonds is 9. The number of ether oxygens (including phenoxy) is 1. The van der Waals surface area contributed by atoms with Gasteiger partial charge >= 0.3 is 0 Å². The van der Waals surface area contributed by atoms with Crippen molar-refractivity contribution in [3.63, 3.8) is 0 Å². The second-order valence-corrected chi connectivity index (χ2v) is 12.4. The fourth-order valence-corrected chi connectivity index (χ4v) is 6.98. The molecule has 35 heavy (non-hydrogen) atoms. The molecule has 0 saturated carbocycles. The van der Waals surface area contributed by atoms with E-state index in [4.69, 9.17) is 4.74 Å². The maximum Gasteiger partial charge on any atom is 0.259 e. The zero-order valence-electron chi connectivity index (χ0n) is 20.5. The van der Waals surface area contributed by atoms with Crippen molar-refractivity contribution in [3.8, 4) is 5.75 Å². The topological polar surface area (TPSA) is 113 Å². The molecule has 1 fully saturated rings. The summed E-state index contributed by atoms with van der Waals surface area (Å²) in [6.45, 7) is 7.23. The highest BCUT2D eigenvalue weighted by molar-refractivity contribution is 7.89. The Bertz CT molecular complexity index is 1250. The molecule has 3 rings (SSSR count). The van der Waals surface area contributed by atoms with Crippen LogP contribution in [0, 0.1) is 5.92 Å². The Morgan fingerprint density at radius 3 is 2.11 bits per heavy atom. The summed E-state index contributed by atoms with van der Waals surface area (Å²) in [6.07, 6.45) is 1.59. The lowest BCUT2D eigenvalue weighted by molar-refractivity contribution is 0.102. The first-order valence-electron chi connectivity index (χ1n) is 11.6. The van der Waals surface area contributed by atoms with Crippen LogP contribution in [0.1, 0.15) is 44.0 Å². The van der Waals surface area contributed by atoms with E-state index in [0.717, 1.165) is 12.8 Å². The Labute approximate surface area is 208 Å². The molecule has 1 heterocycles. The molecule has 1 aliphatic rings. The van der Waals surface area contributed by atoms with Crippen LogP contribution in [0.2, 0.25) is 0 Å². The number of carbonyl (C=O) groups is 1. The van der Waals surface area contributed by atoms with Gasteiger partial charge < -0.3 is 10.1 Å². The monoisotopic (exact) mass is 523 g/mol. The van der Waals surface area contributed by atoms with Crippen molar-refractivity contribution in [2.45, 2.75) is 43.4 Å². The minimum Gasteiger partial charge on any atom is -0.496 e. The van der Waals surface area contributed by atoms with Gasteiger partial charge in [0, 0.05) is 31.9 Å². The van der Waals surface area contributed by atoms with E-state index in [2.05, 4.69) is 12.2 Å². The summed E-state index contributed by atoms with van der Waals surface area (Å²) in [7, 11) is -5.96. The first-order chi connectivity index (χ1) is 16.5. The predicted octanol–water partition coefficient (Wildman–Crippen LogP) is 3.40. The number of piperidine rings is 1. The molecule has 2 aromatic rings. The van der Waals surface area contributed by atoms with E-state index >= 15 is 0 Å². The summed E-state index contributed by atoms with van der Waals surface area (Å²) in [6, 6.07) is 10.1. The lowest BCUT2D eigenvalue weighted by Crippen LogP contribution is -2.37. The fourth-order valence-electron chi connectivity index (χ4n) is 4.02.